The van der Waals surface area contributed by atoms with Crippen LogP contribution in [-0.4, -0.2) is 18.0 Å². The zero-order valence-electron chi connectivity index (χ0n) is 15.0. The Balaban J connectivity index is 1.73. The van der Waals surface area contributed by atoms with Crippen LogP contribution in [0.25, 0.3) is 6.08 Å². The van der Waals surface area contributed by atoms with Crippen LogP contribution in [0.1, 0.15) is 25.0 Å². The first-order chi connectivity index (χ1) is 13.0. The summed E-state index contributed by atoms with van der Waals surface area (Å²) < 4.78 is 7.53. The van der Waals surface area contributed by atoms with Gasteiger partial charge < -0.3 is 15.4 Å². The molecule has 1 fully saturated rings. The molecular formula is C20H20BrIN2O2S. The summed E-state index contributed by atoms with van der Waals surface area (Å²) in [6.45, 7) is 4.70. The second kappa shape index (κ2) is 9.34. The van der Waals surface area contributed by atoms with Crippen molar-refractivity contribution < 1.29 is 9.53 Å². The van der Waals surface area contributed by atoms with E-state index in [4.69, 9.17) is 4.74 Å². The van der Waals surface area contributed by atoms with Gasteiger partial charge in [0.2, 0.25) is 0 Å². The number of carbonyl (C=O) groups excluding carboxylic acids is 1. The fraction of sp³-hybridized carbons (Fsp3) is 0.250. The third-order valence-corrected chi connectivity index (χ3v) is 6.42. The van der Waals surface area contributed by atoms with Crippen LogP contribution in [0.5, 0.6) is 5.75 Å². The number of amides is 1. The minimum absolute atomic E-state index is 0.0670. The predicted octanol–water partition coefficient (Wildman–Crippen LogP) is 5.61. The zero-order chi connectivity index (χ0) is 19.4. The highest BCUT2D eigenvalue weighted by atomic mass is 127. The molecule has 0 aromatic heterocycles. The Morgan fingerprint density at radius 3 is 2.67 bits per heavy atom. The Labute approximate surface area is 185 Å². The highest BCUT2D eigenvalue weighted by molar-refractivity contribution is 14.1. The van der Waals surface area contributed by atoms with Crippen molar-refractivity contribution in [3.8, 4) is 5.75 Å². The van der Waals surface area contributed by atoms with E-state index in [1.165, 1.54) is 17.3 Å². The molecule has 0 radical (unpaired) electrons. The summed E-state index contributed by atoms with van der Waals surface area (Å²) in [6.07, 6.45) is 2.92. The molecule has 7 heteroatoms. The molecule has 4 nitrogen and oxygen atoms in total. The average Bonchev–Trinajstić information content (AvgIpc) is 2.98. The molecule has 0 unspecified atom stereocenters. The molecule has 0 spiro atoms. The number of thioether (sulfide) groups is 1. The Morgan fingerprint density at radius 1 is 1.30 bits per heavy atom. The Morgan fingerprint density at radius 2 is 2.04 bits per heavy atom. The van der Waals surface area contributed by atoms with Crippen molar-refractivity contribution in [1.82, 2.24) is 5.32 Å². The molecule has 2 aromatic carbocycles. The van der Waals surface area contributed by atoms with Crippen LogP contribution in [0.3, 0.4) is 0 Å². The summed E-state index contributed by atoms with van der Waals surface area (Å²) in [5, 5.41) is 6.31. The lowest BCUT2D eigenvalue weighted by Gasteiger charge is -2.13. The molecule has 3 rings (SSSR count). The van der Waals surface area contributed by atoms with Crippen molar-refractivity contribution in [3.05, 3.63) is 60.5 Å². The Bertz CT molecular complexity index is 848. The van der Waals surface area contributed by atoms with E-state index in [1.807, 2.05) is 37.3 Å². The first kappa shape index (κ1) is 20.5. The minimum atomic E-state index is -0.179. The van der Waals surface area contributed by atoms with Gasteiger partial charge in [0.05, 0.1) is 19.6 Å². The normalized spacial score (nSPS) is 17.9. The summed E-state index contributed by atoms with van der Waals surface area (Å²) >= 11 is 7.29. The van der Waals surface area contributed by atoms with Crippen molar-refractivity contribution in [2.75, 3.05) is 11.9 Å². The monoisotopic (exact) mass is 558 g/mol. The topological polar surface area (TPSA) is 50.4 Å². The van der Waals surface area contributed by atoms with E-state index in [0.717, 1.165) is 31.5 Å². The smallest absolute Gasteiger partial charge is 0.260 e. The number of aryl methyl sites for hydroxylation is 1. The molecular weight excluding hydrogens is 539 g/mol. The van der Waals surface area contributed by atoms with Gasteiger partial charge in [-0.1, -0.05) is 30.8 Å². The van der Waals surface area contributed by atoms with Crippen LogP contribution in [0.15, 0.2) is 45.8 Å². The van der Waals surface area contributed by atoms with Gasteiger partial charge >= 0.3 is 0 Å². The number of anilines is 1. The fourth-order valence-electron chi connectivity index (χ4n) is 2.65. The van der Waals surface area contributed by atoms with Crippen LogP contribution >= 0.6 is 50.3 Å². The molecule has 1 saturated heterocycles. The van der Waals surface area contributed by atoms with Gasteiger partial charge in [-0.05, 0) is 93.3 Å². The number of nitrogens with one attached hydrogen (secondary N) is 2. The van der Waals surface area contributed by atoms with Gasteiger partial charge in [-0.2, -0.15) is 0 Å². The summed E-state index contributed by atoms with van der Waals surface area (Å²) in [7, 11) is 0. The zero-order valence-corrected chi connectivity index (χ0v) is 19.6. The molecule has 1 heterocycles. The van der Waals surface area contributed by atoms with Crippen LogP contribution in [0.4, 0.5) is 5.69 Å². The number of benzene rings is 2. The second-order valence-electron chi connectivity index (χ2n) is 5.92. The number of ether oxygens (including phenoxy) is 1. The van der Waals surface area contributed by atoms with Crippen molar-refractivity contribution in [1.29, 1.82) is 0 Å². The van der Waals surface area contributed by atoms with E-state index in [2.05, 4.69) is 68.2 Å². The van der Waals surface area contributed by atoms with Gasteiger partial charge in [0.25, 0.3) is 5.91 Å². The molecule has 1 atom stereocenters. The van der Waals surface area contributed by atoms with E-state index in [-0.39, 0.29) is 11.4 Å². The number of carbonyl (C=O) groups is 1. The molecule has 2 aromatic rings. The maximum Gasteiger partial charge on any atom is 0.260 e. The van der Waals surface area contributed by atoms with Gasteiger partial charge in [-0.25, -0.2) is 0 Å². The van der Waals surface area contributed by atoms with Gasteiger partial charge in [-0.3, -0.25) is 4.79 Å². The summed E-state index contributed by atoms with van der Waals surface area (Å²) in [5.74, 6) is 0.765. The van der Waals surface area contributed by atoms with Gasteiger partial charge in [0.15, 0.2) is 5.50 Å². The number of hydrogen-bond donors (Lipinski definition) is 2. The van der Waals surface area contributed by atoms with Crippen LogP contribution in [0, 0.1) is 3.57 Å². The first-order valence-electron chi connectivity index (χ1n) is 8.66. The molecule has 0 saturated carbocycles. The molecule has 0 aliphatic carbocycles. The van der Waals surface area contributed by atoms with Crippen molar-refractivity contribution in [3.63, 3.8) is 0 Å². The van der Waals surface area contributed by atoms with Gasteiger partial charge in [0, 0.05) is 5.69 Å². The summed E-state index contributed by atoms with van der Waals surface area (Å²) in [5.41, 5.74) is 3.06. The highest BCUT2D eigenvalue weighted by Crippen LogP contribution is 2.35. The van der Waals surface area contributed by atoms with Crippen LogP contribution in [0.2, 0.25) is 0 Å². The third-order valence-electron chi connectivity index (χ3n) is 4.00. The third kappa shape index (κ3) is 5.20. The lowest BCUT2D eigenvalue weighted by Crippen LogP contribution is -2.30. The van der Waals surface area contributed by atoms with Crippen LogP contribution < -0.4 is 15.4 Å². The minimum Gasteiger partial charge on any atom is -0.492 e. The number of rotatable bonds is 6. The Kier molecular flexibility index (Phi) is 7.10. The van der Waals surface area contributed by atoms with Crippen molar-refractivity contribution >= 4 is 68.0 Å². The van der Waals surface area contributed by atoms with Gasteiger partial charge in [0.1, 0.15) is 5.75 Å². The van der Waals surface area contributed by atoms with Gasteiger partial charge in [-0.15, -0.1) is 0 Å². The lowest BCUT2D eigenvalue weighted by molar-refractivity contribution is -0.116. The number of hydrogen-bond acceptors (Lipinski definition) is 4. The van der Waals surface area contributed by atoms with E-state index >= 15 is 0 Å². The van der Waals surface area contributed by atoms with Crippen LogP contribution in [-0.2, 0) is 11.2 Å². The predicted molar refractivity (Wildman–Crippen MR) is 125 cm³/mol. The maximum absolute atomic E-state index is 12.3. The quantitative estimate of drug-likeness (QED) is 0.357. The first-order valence-corrected chi connectivity index (χ1v) is 11.4. The molecule has 1 aliphatic heterocycles. The SMILES string of the molecule is CCOc1c(Br)cc(/C=C2\S[C@@H](Nc3ccc(CC)cc3)NC2=O)cc1I. The van der Waals surface area contributed by atoms with E-state index < -0.39 is 0 Å². The summed E-state index contributed by atoms with van der Waals surface area (Å²) in [6, 6.07) is 12.3. The lowest BCUT2D eigenvalue weighted by atomic mass is 10.1. The largest absolute Gasteiger partial charge is 0.492 e. The van der Waals surface area contributed by atoms with E-state index in [9.17, 15) is 4.79 Å². The Hall–Kier alpha value is -1.19. The molecule has 27 heavy (non-hydrogen) atoms. The average molecular weight is 559 g/mol. The summed E-state index contributed by atoms with van der Waals surface area (Å²) in [4.78, 5) is 13.0. The van der Waals surface area contributed by atoms with E-state index in [0.29, 0.717) is 11.5 Å². The highest BCUT2D eigenvalue weighted by Gasteiger charge is 2.27. The standard InChI is InChI=1S/C20H20BrIN2O2S/c1-3-12-5-7-14(8-6-12)23-20-24-19(25)17(27-20)11-13-9-15(21)18(26-4-2)16(22)10-13/h5-11,20,23H,3-4H2,1-2H3,(H,24,25)/b17-11-/t20-/m0/s1. The molecule has 2 N–H and O–H groups in total. The molecule has 142 valence electrons. The maximum atomic E-state index is 12.3. The fourth-order valence-corrected chi connectivity index (χ4v) is 5.40. The molecule has 0 bridgehead atoms. The number of halogens is 2. The molecule has 1 aliphatic rings. The van der Waals surface area contributed by atoms with Crippen molar-refractivity contribution in [2.24, 2.45) is 0 Å². The molecule has 1 amide bonds. The van der Waals surface area contributed by atoms with E-state index in [1.54, 1.807) is 0 Å². The van der Waals surface area contributed by atoms with Crippen molar-refractivity contribution in [2.45, 2.75) is 25.8 Å². The second-order valence-corrected chi connectivity index (χ2v) is 9.08.